The Balaban J connectivity index is 1.87. The van der Waals surface area contributed by atoms with E-state index in [-0.39, 0.29) is 17.5 Å². The Hall–Kier alpha value is -3.40. The lowest BCUT2D eigenvalue weighted by Crippen LogP contribution is -1.97. The van der Waals surface area contributed by atoms with E-state index in [1.165, 1.54) is 18.6 Å². The van der Waals surface area contributed by atoms with Gasteiger partial charge in [-0.2, -0.15) is 10.2 Å². The lowest BCUT2D eigenvalue weighted by Gasteiger charge is -2.02. The number of ether oxygens (including phenoxy) is 1. The van der Waals surface area contributed by atoms with Gasteiger partial charge < -0.3 is 10.5 Å². The van der Waals surface area contributed by atoms with Crippen LogP contribution in [0.3, 0.4) is 0 Å². The molecular weight excluding hydrogens is 268 g/mol. The monoisotopic (exact) mass is 278 g/mol. The van der Waals surface area contributed by atoms with E-state index >= 15 is 0 Å². The Morgan fingerprint density at radius 2 is 2.00 bits per heavy atom. The van der Waals surface area contributed by atoms with Crippen molar-refractivity contribution in [3.8, 4) is 23.6 Å². The molecule has 3 rings (SSSR count). The summed E-state index contributed by atoms with van der Waals surface area (Å²) in [6.07, 6.45) is 2.93. The summed E-state index contributed by atoms with van der Waals surface area (Å²) < 4.78 is 6.99. The third-order valence-corrected chi connectivity index (χ3v) is 2.67. The smallest absolute Gasteiger partial charge is 0.342 e. The number of hydrogen-bond donors (Lipinski definition) is 1. The van der Waals surface area contributed by atoms with Crippen LogP contribution in [-0.4, -0.2) is 19.7 Å². The fourth-order valence-electron chi connectivity index (χ4n) is 1.72. The molecule has 0 saturated heterocycles. The molecule has 3 aromatic rings. The third-order valence-electron chi connectivity index (χ3n) is 2.67. The number of pyridine rings is 1. The van der Waals surface area contributed by atoms with Gasteiger partial charge in [-0.1, -0.05) is 18.2 Å². The number of para-hydroxylation sites is 1. The molecule has 0 spiro atoms. The maximum absolute atomic E-state index is 9.03. The number of nitrogens with two attached hydrogens (primary N) is 1. The zero-order valence-electron chi connectivity index (χ0n) is 10.8. The zero-order valence-corrected chi connectivity index (χ0v) is 10.8. The van der Waals surface area contributed by atoms with Gasteiger partial charge in [-0.3, -0.25) is 0 Å². The topological polar surface area (TPSA) is 103 Å². The molecule has 21 heavy (non-hydrogen) atoms. The van der Waals surface area contributed by atoms with Gasteiger partial charge >= 0.3 is 6.01 Å². The Kier molecular flexibility index (Phi) is 3.19. The minimum absolute atomic E-state index is 0.104. The fraction of sp³-hybridized carbons (Fsp3) is 0. The van der Waals surface area contributed by atoms with Gasteiger partial charge in [-0.15, -0.1) is 5.10 Å². The van der Waals surface area contributed by atoms with E-state index in [1.54, 1.807) is 4.68 Å². The van der Waals surface area contributed by atoms with Crippen molar-refractivity contribution in [2.45, 2.75) is 0 Å². The van der Waals surface area contributed by atoms with Crippen molar-refractivity contribution in [1.29, 1.82) is 5.26 Å². The van der Waals surface area contributed by atoms with E-state index < -0.39 is 0 Å². The Labute approximate surface area is 120 Å². The largest absolute Gasteiger partial charge is 0.403 e. The van der Waals surface area contributed by atoms with E-state index in [0.29, 0.717) is 5.69 Å². The van der Waals surface area contributed by atoms with Crippen LogP contribution in [0.4, 0.5) is 5.69 Å². The number of hydrogen-bond acceptors (Lipinski definition) is 6. The first kappa shape index (κ1) is 12.6. The SMILES string of the molecule is N#Cc1cc(N)cnc1Oc1ncn(-c2ccccc2)n1. The summed E-state index contributed by atoms with van der Waals surface area (Å²) >= 11 is 0. The van der Waals surface area contributed by atoms with Crippen LogP contribution in [0.25, 0.3) is 5.69 Å². The summed E-state index contributed by atoms with van der Waals surface area (Å²) in [5, 5.41) is 13.2. The molecule has 0 atom stereocenters. The van der Waals surface area contributed by atoms with Gasteiger partial charge in [0.25, 0.3) is 0 Å². The number of nitrogens with zero attached hydrogens (tertiary/aromatic N) is 5. The molecule has 2 heterocycles. The van der Waals surface area contributed by atoms with Crippen molar-refractivity contribution in [3.05, 3.63) is 54.5 Å². The molecule has 2 aromatic heterocycles. The maximum Gasteiger partial charge on any atom is 0.342 e. The molecule has 102 valence electrons. The van der Waals surface area contributed by atoms with E-state index in [2.05, 4.69) is 15.1 Å². The van der Waals surface area contributed by atoms with Gasteiger partial charge in [0.2, 0.25) is 5.88 Å². The Morgan fingerprint density at radius 1 is 1.19 bits per heavy atom. The highest BCUT2D eigenvalue weighted by Crippen LogP contribution is 2.21. The van der Waals surface area contributed by atoms with E-state index in [4.69, 9.17) is 15.7 Å². The van der Waals surface area contributed by atoms with Crippen LogP contribution < -0.4 is 10.5 Å². The lowest BCUT2D eigenvalue weighted by atomic mass is 10.3. The van der Waals surface area contributed by atoms with Gasteiger partial charge in [0, 0.05) is 0 Å². The molecule has 2 N–H and O–H groups in total. The van der Waals surface area contributed by atoms with Crippen molar-refractivity contribution >= 4 is 5.69 Å². The normalized spacial score (nSPS) is 10.0. The zero-order chi connectivity index (χ0) is 14.7. The second kappa shape index (κ2) is 5.30. The first-order chi connectivity index (χ1) is 10.3. The van der Waals surface area contributed by atoms with Crippen molar-refractivity contribution in [1.82, 2.24) is 19.7 Å². The van der Waals surface area contributed by atoms with Gasteiger partial charge in [-0.05, 0) is 18.2 Å². The van der Waals surface area contributed by atoms with Gasteiger partial charge in [-0.25, -0.2) is 9.67 Å². The fourth-order valence-corrected chi connectivity index (χ4v) is 1.72. The predicted molar refractivity (Wildman–Crippen MR) is 74.8 cm³/mol. The average Bonchev–Trinajstić information content (AvgIpc) is 2.98. The molecule has 0 aliphatic rings. The summed E-state index contributed by atoms with van der Waals surface area (Å²) in [7, 11) is 0. The predicted octanol–water partition coefficient (Wildman–Crippen LogP) is 1.91. The highest BCUT2D eigenvalue weighted by Gasteiger charge is 2.10. The first-order valence-corrected chi connectivity index (χ1v) is 6.07. The second-order valence-corrected chi connectivity index (χ2v) is 4.14. The van der Waals surface area contributed by atoms with Crippen molar-refractivity contribution in [2.75, 3.05) is 5.73 Å². The molecule has 7 heteroatoms. The van der Waals surface area contributed by atoms with Crippen LogP contribution in [0.5, 0.6) is 11.9 Å². The highest BCUT2D eigenvalue weighted by molar-refractivity contribution is 5.48. The minimum Gasteiger partial charge on any atom is -0.403 e. The number of benzene rings is 1. The molecule has 0 radical (unpaired) electrons. The third kappa shape index (κ3) is 2.64. The van der Waals surface area contributed by atoms with Crippen LogP contribution in [-0.2, 0) is 0 Å². The summed E-state index contributed by atoms with van der Waals surface area (Å²) in [4.78, 5) is 8.00. The highest BCUT2D eigenvalue weighted by atomic mass is 16.5. The summed E-state index contributed by atoms with van der Waals surface area (Å²) in [5.74, 6) is 0.123. The number of nitriles is 1. The molecule has 0 aliphatic carbocycles. The number of anilines is 1. The maximum atomic E-state index is 9.03. The number of nitrogen functional groups attached to an aromatic ring is 1. The average molecular weight is 278 g/mol. The van der Waals surface area contributed by atoms with E-state index in [1.807, 2.05) is 36.4 Å². The molecule has 0 saturated carbocycles. The minimum atomic E-state index is 0.104. The summed E-state index contributed by atoms with van der Waals surface area (Å²) in [6.45, 7) is 0. The molecule has 0 unspecified atom stereocenters. The van der Waals surface area contributed by atoms with Crippen LogP contribution in [0.1, 0.15) is 5.56 Å². The lowest BCUT2D eigenvalue weighted by molar-refractivity contribution is 0.423. The van der Waals surface area contributed by atoms with Crippen LogP contribution in [0.15, 0.2) is 48.9 Å². The van der Waals surface area contributed by atoms with Gasteiger partial charge in [0.05, 0.1) is 17.6 Å². The molecule has 0 amide bonds. The Bertz CT molecular complexity index is 806. The van der Waals surface area contributed by atoms with E-state index in [9.17, 15) is 0 Å². The number of rotatable bonds is 3. The van der Waals surface area contributed by atoms with Crippen LogP contribution in [0.2, 0.25) is 0 Å². The summed E-state index contributed by atoms with van der Waals surface area (Å²) in [6, 6.07) is 13.0. The molecule has 7 nitrogen and oxygen atoms in total. The molecule has 0 bridgehead atoms. The summed E-state index contributed by atoms with van der Waals surface area (Å²) in [5.41, 5.74) is 7.04. The number of aromatic nitrogens is 4. The van der Waals surface area contributed by atoms with E-state index in [0.717, 1.165) is 5.69 Å². The molecule has 0 aliphatic heterocycles. The van der Waals surface area contributed by atoms with Crippen LogP contribution in [0, 0.1) is 11.3 Å². The van der Waals surface area contributed by atoms with Gasteiger partial charge in [0.1, 0.15) is 18.0 Å². The standard InChI is InChI=1S/C14H10N6O/c15-7-10-6-11(16)8-17-13(10)21-14-18-9-20(19-14)12-4-2-1-3-5-12/h1-6,8-9H,16H2. The molecule has 1 aromatic carbocycles. The van der Waals surface area contributed by atoms with Crippen molar-refractivity contribution < 1.29 is 4.74 Å². The van der Waals surface area contributed by atoms with Crippen molar-refractivity contribution in [2.24, 2.45) is 0 Å². The van der Waals surface area contributed by atoms with Crippen molar-refractivity contribution in [3.63, 3.8) is 0 Å². The second-order valence-electron chi connectivity index (χ2n) is 4.14. The molecule has 0 fully saturated rings. The van der Waals surface area contributed by atoms with Gasteiger partial charge in [0.15, 0.2) is 0 Å². The Morgan fingerprint density at radius 3 is 2.76 bits per heavy atom. The first-order valence-electron chi connectivity index (χ1n) is 6.07. The van der Waals surface area contributed by atoms with Crippen LogP contribution >= 0.6 is 0 Å². The molecular formula is C14H10N6O. The quantitative estimate of drug-likeness (QED) is 0.785.